The summed E-state index contributed by atoms with van der Waals surface area (Å²) in [6.07, 6.45) is 1.61. The average Bonchev–Trinajstić information content (AvgIpc) is 2.23. The summed E-state index contributed by atoms with van der Waals surface area (Å²) in [6, 6.07) is 10.1. The zero-order valence-corrected chi connectivity index (χ0v) is 8.98. The molecular weight excluding hydrogens is 188 g/mol. The molecule has 1 fully saturated rings. The number of hydrogen-bond acceptors (Lipinski definition) is 2. The molecule has 0 aliphatic heterocycles. The van der Waals surface area contributed by atoms with Gasteiger partial charge in [0.25, 0.3) is 0 Å². The first-order valence-corrected chi connectivity index (χ1v) is 5.43. The maximum Gasteiger partial charge on any atom is 0.133 e. The first kappa shape index (κ1) is 10.4. The first-order chi connectivity index (χ1) is 7.25. The Morgan fingerprint density at radius 3 is 2.60 bits per heavy atom. The number of ketones is 1. The summed E-state index contributed by atoms with van der Waals surface area (Å²) in [4.78, 5) is 10.8. The molecule has 1 aliphatic rings. The number of hydrogen-bond donors (Lipinski definition) is 0. The van der Waals surface area contributed by atoms with Crippen LogP contribution >= 0.6 is 0 Å². The van der Waals surface area contributed by atoms with E-state index < -0.39 is 0 Å². The Morgan fingerprint density at radius 2 is 2.00 bits per heavy atom. The minimum Gasteiger partial charge on any atom is -0.374 e. The average molecular weight is 204 g/mol. The molecule has 0 aromatic heterocycles. The summed E-state index contributed by atoms with van der Waals surface area (Å²) >= 11 is 0. The van der Waals surface area contributed by atoms with E-state index in [9.17, 15) is 4.79 Å². The summed E-state index contributed by atoms with van der Waals surface area (Å²) in [5, 5.41) is 0. The van der Waals surface area contributed by atoms with Gasteiger partial charge in [-0.15, -0.1) is 0 Å². The normalized spacial score (nSPS) is 18.6. The molecule has 0 bridgehead atoms. The number of ether oxygens (including phenoxy) is 1. The molecule has 0 saturated heterocycles. The standard InChI is InChI=1S/C13H16O2/c1-10(12-7-13(14)8-12)15-9-11-5-3-2-4-6-11/h2-6,10,12H,7-9H2,1H3/t10-/m0/s1. The minimum atomic E-state index is 0.197. The van der Waals surface area contributed by atoms with Crippen LogP contribution in [0.25, 0.3) is 0 Å². The van der Waals surface area contributed by atoms with Crippen molar-refractivity contribution in [3.8, 4) is 0 Å². The fourth-order valence-electron chi connectivity index (χ4n) is 1.79. The van der Waals surface area contributed by atoms with Gasteiger partial charge in [-0.1, -0.05) is 30.3 Å². The second kappa shape index (κ2) is 4.58. The van der Waals surface area contributed by atoms with E-state index in [4.69, 9.17) is 4.74 Å². The maximum absolute atomic E-state index is 10.8. The lowest BCUT2D eigenvalue weighted by Crippen LogP contribution is -2.33. The number of benzene rings is 1. The van der Waals surface area contributed by atoms with Gasteiger partial charge in [-0.3, -0.25) is 4.79 Å². The molecule has 1 saturated carbocycles. The van der Waals surface area contributed by atoms with Crippen molar-refractivity contribution >= 4 is 5.78 Å². The van der Waals surface area contributed by atoms with Crippen molar-refractivity contribution in [1.82, 2.24) is 0 Å². The zero-order chi connectivity index (χ0) is 10.7. The topological polar surface area (TPSA) is 26.3 Å². The van der Waals surface area contributed by atoms with Gasteiger partial charge in [0, 0.05) is 12.8 Å². The first-order valence-electron chi connectivity index (χ1n) is 5.43. The summed E-state index contributed by atoms with van der Waals surface area (Å²) in [5.41, 5.74) is 1.19. The van der Waals surface area contributed by atoms with Gasteiger partial charge >= 0.3 is 0 Å². The molecule has 0 unspecified atom stereocenters. The van der Waals surface area contributed by atoms with Crippen LogP contribution in [-0.4, -0.2) is 11.9 Å². The van der Waals surface area contributed by atoms with E-state index in [-0.39, 0.29) is 6.10 Å². The van der Waals surface area contributed by atoms with Crippen molar-refractivity contribution in [2.75, 3.05) is 0 Å². The van der Waals surface area contributed by atoms with E-state index in [2.05, 4.69) is 19.1 Å². The molecule has 0 spiro atoms. The van der Waals surface area contributed by atoms with Crippen molar-refractivity contribution in [3.63, 3.8) is 0 Å². The largest absolute Gasteiger partial charge is 0.374 e. The van der Waals surface area contributed by atoms with E-state index in [1.165, 1.54) is 5.56 Å². The highest BCUT2D eigenvalue weighted by Crippen LogP contribution is 2.28. The van der Waals surface area contributed by atoms with Crippen LogP contribution in [0.15, 0.2) is 30.3 Å². The van der Waals surface area contributed by atoms with Gasteiger partial charge in [-0.25, -0.2) is 0 Å². The zero-order valence-electron chi connectivity index (χ0n) is 8.98. The van der Waals surface area contributed by atoms with E-state index in [0.29, 0.717) is 31.1 Å². The van der Waals surface area contributed by atoms with Crippen LogP contribution < -0.4 is 0 Å². The lowest BCUT2D eigenvalue weighted by Gasteiger charge is -2.30. The van der Waals surface area contributed by atoms with Crippen LogP contribution in [0.1, 0.15) is 25.3 Å². The number of rotatable bonds is 4. The Morgan fingerprint density at radius 1 is 1.33 bits per heavy atom. The van der Waals surface area contributed by atoms with Crippen molar-refractivity contribution in [3.05, 3.63) is 35.9 Å². The molecule has 1 atom stereocenters. The highest BCUT2D eigenvalue weighted by atomic mass is 16.5. The minimum absolute atomic E-state index is 0.197. The van der Waals surface area contributed by atoms with Gasteiger partial charge < -0.3 is 4.74 Å². The molecule has 2 nitrogen and oxygen atoms in total. The Labute approximate surface area is 90.3 Å². The highest BCUT2D eigenvalue weighted by molar-refractivity contribution is 5.84. The molecule has 0 radical (unpaired) electrons. The summed E-state index contributed by atoms with van der Waals surface area (Å²) < 4.78 is 5.73. The van der Waals surface area contributed by atoms with Crippen LogP contribution in [-0.2, 0) is 16.1 Å². The van der Waals surface area contributed by atoms with Gasteiger partial charge in [0.2, 0.25) is 0 Å². The van der Waals surface area contributed by atoms with Crippen molar-refractivity contribution < 1.29 is 9.53 Å². The Kier molecular flexibility index (Phi) is 3.17. The van der Waals surface area contributed by atoms with E-state index in [1.54, 1.807) is 0 Å². The molecule has 0 heterocycles. The predicted molar refractivity (Wildman–Crippen MR) is 58.4 cm³/mol. The molecule has 2 heteroatoms. The third-order valence-corrected chi connectivity index (χ3v) is 3.00. The predicted octanol–water partition coefficient (Wildman–Crippen LogP) is 2.57. The van der Waals surface area contributed by atoms with Gasteiger partial charge in [0.15, 0.2) is 0 Å². The quantitative estimate of drug-likeness (QED) is 0.753. The van der Waals surface area contributed by atoms with Crippen molar-refractivity contribution in [2.24, 2.45) is 5.92 Å². The number of carbonyl (C=O) groups is 1. The van der Waals surface area contributed by atoms with Gasteiger partial charge in [-0.2, -0.15) is 0 Å². The van der Waals surface area contributed by atoms with Crippen molar-refractivity contribution in [2.45, 2.75) is 32.5 Å². The second-order valence-corrected chi connectivity index (χ2v) is 4.21. The molecule has 0 N–H and O–H groups in total. The number of Topliss-reactive ketones (excluding diaryl/α,β-unsaturated/α-hetero) is 1. The molecule has 1 aromatic rings. The molecule has 1 aromatic carbocycles. The van der Waals surface area contributed by atoms with Crippen LogP contribution in [0.5, 0.6) is 0 Å². The SMILES string of the molecule is C[C@H](OCc1ccccc1)C1CC(=O)C1. The third kappa shape index (κ3) is 2.66. The molecular formula is C13H16O2. The van der Waals surface area contributed by atoms with E-state index >= 15 is 0 Å². The molecule has 0 amide bonds. The fourth-order valence-corrected chi connectivity index (χ4v) is 1.79. The van der Waals surface area contributed by atoms with Crippen LogP contribution in [0.4, 0.5) is 0 Å². The monoisotopic (exact) mass is 204 g/mol. The lowest BCUT2D eigenvalue weighted by molar-refractivity contribution is -0.132. The van der Waals surface area contributed by atoms with Gasteiger partial charge in [0.05, 0.1) is 12.7 Å². The fraction of sp³-hybridized carbons (Fsp3) is 0.462. The molecule has 80 valence electrons. The molecule has 15 heavy (non-hydrogen) atoms. The maximum atomic E-state index is 10.8. The number of carbonyl (C=O) groups excluding carboxylic acids is 1. The smallest absolute Gasteiger partial charge is 0.133 e. The molecule has 1 aliphatic carbocycles. The van der Waals surface area contributed by atoms with Crippen LogP contribution in [0, 0.1) is 5.92 Å². The van der Waals surface area contributed by atoms with Crippen LogP contribution in [0.3, 0.4) is 0 Å². The summed E-state index contributed by atoms with van der Waals surface area (Å²) in [5.74, 6) is 0.816. The second-order valence-electron chi connectivity index (χ2n) is 4.21. The van der Waals surface area contributed by atoms with Gasteiger partial charge in [0.1, 0.15) is 5.78 Å². The van der Waals surface area contributed by atoms with E-state index in [0.717, 1.165) is 0 Å². The Hall–Kier alpha value is -1.15. The third-order valence-electron chi connectivity index (χ3n) is 3.00. The van der Waals surface area contributed by atoms with E-state index in [1.807, 2.05) is 18.2 Å². The summed E-state index contributed by atoms with van der Waals surface area (Å²) in [6.45, 7) is 2.70. The molecule has 2 rings (SSSR count). The highest BCUT2D eigenvalue weighted by Gasteiger charge is 2.31. The summed E-state index contributed by atoms with van der Waals surface area (Å²) in [7, 11) is 0. The van der Waals surface area contributed by atoms with Gasteiger partial charge in [-0.05, 0) is 18.4 Å². The van der Waals surface area contributed by atoms with Crippen LogP contribution in [0.2, 0.25) is 0 Å². The Bertz CT molecular complexity index is 324. The Balaban J connectivity index is 1.76. The van der Waals surface area contributed by atoms with Crippen molar-refractivity contribution in [1.29, 1.82) is 0 Å². The lowest BCUT2D eigenvalue weighted by atomic mass is 9.80.